The zero-order valence-electron chi connectivity index (χ0n) is 7.93. The van der Waals surface area contributed by atoms with Crippen molar-refractivity contribution in [1.29, 1.82) is 0 Å². The Balaban J connectivity index is 2.47. The molecule has 0 aliphatic rings. The lowest BCUT2D eigenvalue weighted by Crippen LogP contribution is -2.23. The van der Waals surface area contributed by atoms with Crippen LogP contribution >= 0.6 is 15.9 Å². The summed E-state index contributed by atoms with van der Waals surface area (Å²) < 4.78 is 13.3. The minimum atomic E-state index is -0.362. The van der Waals surface area contributed by atoms with Gasteiger partial charge in [-0.3, -0.25) is 0 Å². The SMILES string of the molecule is C[C@@H](O)CNCc1ccc(F)c(Br)c1. The summed E-state index contributed by atoms with van der Waals surface area (Å²) >= 11 is 3.11. The number of aliphatic hydroxyl groups is 1. The summed E-state index contributed by atoms with van der Waals surface area (Å²) in [6.45, 7) is 2.88. The van der Waals surface area contributed by atoms with E-state index in [1.165, 1.54) is 6.07 Å². The minimum absolute atomic E-state index is 0.260. The summed E-state index contributed by atoms with van der Waals surface area (Å²) in [5, 5.41) is 12.1. The Morgan fingerprint density at radius 3 is 2.86 bits per heavy atom. The molecule has 0 aliphatic heterocycles. The molecule has 2 nitrogen and oxygen atoms in total. The van der Waals surface area contributed by atoms with Crippen LogP contribution < -0.4 is 5.32 Å². The van der Waals surface area contributed by atoms with E-state index in [0.29, 0.717) is 17.6 Å². The van der Waals surface area contributed by atoms with Crippen molar-refractivity contribution in [1.82, 2.24) is 5.32 Å². The molecular weight excluding hydrogens is 249 g/mol. The minimum Gasteiger partial charge on any atom is -0.392 e. The van der Waals surface area contributed by atoms with Crippen molar-refractivity contribution >= 4 is 15.9 Å². The molecule has 1 aromatic carbocycles. The van der Waals surface area contributed by atoms with Crippen molar-refractivity contribution in [3.8, 4) is 0 Å². The quantitative estimate of drug-likeness (QED) is 0.870. The molecule has 0 saturated heterocycles. The van der Waals surface area contributed by atoms with Crippen LogP contribution in [0.5, 0.6) is 0 Å². The highest BCUT2D eigenvalue weighted by molar-refractivity contribution is 9.10. The zero-order chi connectivity index (χ0) is 10.6. The maximum Gasteiger partial charge on any atom is 0.137 e. The third kappa shape index (κ3) is 3.74. The van der Waals surface area contributed by atoms with Crippen LogP contribution in [0.15, 0.2) is 22.7 Å². The fourth-order valence-electron chi connectivity index (χ4n) is 1.07. The summed E-state index contributed by atoms with van der Waals surface area (Å²) in [6, 6.07) is 4.86. The Labute approximate surface area is 91.3 Å². The van der Waals surface area contributed by atoms with E-state index in [4.69, 9.17) is 5.11 Å². The lowest BCUT2D eigenvalue weighted by molar-refractivity contribution is 0.191. The molecule has 0 heterocycles. The molecule has 0 aromatic heterocycles. The fraction of sp³-hybridized carbons (Fsp3) is 0.400. The van der Waals surface area contributed by atoms with E-state index in [0.717, 1.165) is 5.56 Å². The van der Waals surface area contributed by atoms with E-state index >= 15 is 0 Å². The van der Waals surface area contributed by atoms with E-state index in [1.807, 2.05) is 0 Å². The van der Waals surface area contributed by atoms with Gasteiger partial charge in [0.05, 0.1) is 10.6 Å². The van der Waals surface area contributed by atoms with Crippen LogP contribution in [0.4, 0.5) is 4.39 Å². The second kappa shape index (κ2) is 5.44. The molecule has 0 radical (unpaired) electrons. The first-order valence-electron chi connectivity index (χ1n) is 4.42. The van der Waals surface area contributed by atoms with Crippen LogP contribution in [-0.2, 0) is 6.54 Å². The van der Waals surface area contributed by atoms with E-state index in [2.05, 4.69) is 21.2 Å². The summed E-state index contributed by atoms with van der Waals surface area (Å²) in [6.07, 6.45) is -0.362. The first-order valence-corrected chi connectivity index (χ1v) is 5.21. The molecule has 1 aromatic rings. The topological polar surface area (TPSA) is 32.3 Å². The highest BCUT2D eigenvalue weighted by atomic mass is 79.9. The third-order valence-electron chi connectivity index (χ3n) is 1.75. The molecular formula is C10H13BrFNO. The number of aliphatic hydroxyl groups excluding tert-OH is 1. The van der Waals surface area contributed by atoms with Gasteiger partial charge in [0.2, 0.25) is 0 Å². The highest BCUT2D eigenvalue weighted by Gasteiger charge is 2.00. The largest absolute Gasteiger partial charge is 0.392 e. The van der Waals surface area contributed by atoms with Gasteiger partial charge in [-0.2, -0.15) is 0 Å². The van der Waals surface area contributed by atoms with Crippen molar-refractivity contribution in [3.05, 3.63) is 34.1 Å². The Morgan fingerprint density at radius 1 is 1.57 bits per heavy atom. The Hall–Kier alpha value is -0.450. The molecule has 0 unspecified atom stereocenters. The van der Waals surface area contributed by atoms with Gasteiger partial charge < -0.3 is 10.4 Å². The molecule has 0 bridgehead atoms. The van der Waals surface area contributed by atoms with Crippen molar-refractivity contribution in [2.45, 2.75) is 19.6 Å². The average molecular weight is 262 g/mol. The van der Waals surface area contributed by atoms with Crippen molar-refractivity contribution < 1.29 is 9.50 Å². The Bertz CT molecular complexity index is 304. The van der Waals surface area contributed by atoms with E-state index in [9.17, 15) is 4.39 Å². The van der Waals surface area contributed by atoms with Crippen LogP contribution in [0.1, 0.15) is 12.5 Å². The van der Waals surface area contributed by atoms with Gasteiger partial charge in [-0.1, -0.05) is 6.07 Å². The Morgan fingerprint density at radius 2 is 2.29 bits per heavy atom. The van der Waals surface area contributed by atoms with Gasteiger partial charge in [-0.25, -0.2) is 4.39 Å². The predicted octanol–water partition coefficient (Wildman–Crippen LogP) is 2.06. The lowest BCUT2D eigenvalue weighted by atomic mass is 10.2. The molecule has 0 fully saturated rings. The van der Waals surface area contributed by atoms with Gasteiger partial charge in [0, 0.05) is 13.1 Å². The van der Waals surface area contributed by atoms with E-state index in [-0.39, 0.29) is 11.9 Å². The van der Waals surface area contributed by atoms with Gasteiger partial charge in [0.25, 0.3) is 0 Å². The molecule has 0 aliphatic carbocycles. The molecule has 1 atom stereocenters. The van der Waals surface area contributed by atoms with Crippen LogP contribution in [0.2, 0.25) is 0 Å². The summed E-state index contributed by atoms with van der Waals surface area (Å²) in [4.78, 5) is 0. The van der Waals surface area contributed by atoms with Crippen molar-refractivity contribution in [2.24, 2.45) is 0 Å². The molecule has 1 rings (SSSR count). The smallest absolute Gasteiger partial charge is 0.137 e. The highest BCUT2D eigenvalue weighted by Crippen LogP contribution is 2.16. The van der Waals surface area contributed by atoms with Crippen LogP contribution in [0, 0.1) is 5.82 Å². The van der Waals surface area contributed by atoms with E-state index in [1.54, 1.807) is 19.1 Å². The fourth-order valence-corrected chi connectivity index (χ4v) is 1.50. The number of halogens is 2. The number of hydrogen-bond donors (Lipinski definition) is 2. The molecule has 0 saturated carbocycles. The molecule has 2 N–H and O–H groups in total. The molecule has 0 amide bonds. The second-order valence-electron chi connectivity index (χ2n) is 3.23. The summed E-state index contributed by atoms with van der Waals surface area (Å²) in [5.74, 6) is -0.260. The van der Waals surface area contributed by atoms with Gasteiger partial charge >= 0.3 is 0 Å². The number of rotatable bonds is 4. The Kier molecular flexibility index (Phi) is 4.51. The van der Waals surface area contributed by atoms with Crippen LogP contribution in [-0.4, -0.2) is 17.8 Å². The van der Waals surface area contributed by atoms with Gasteiger partial charge in [-0.05, 0) is 40.5 Å². The standard InChI is InChI=1S/C10H13BrFNO/c1-7(14)5-13-6-8-2-3-10(12)9(11)4-8/h2-4,7,13-14H,5-6H2,1H3/t7-/m1/s1. The van der Waals surface area contributed by atoms with Crippen molar-refractivity contribution in [2.75, 3.05) is 6.54 Å². The number of hydrogen-bond acceptors (Lipinski definition) is 2. The molecule has 4 heteroatoms. The lowest BCUT2D eigenvalue weighted by Gasteiger charge is -2.07. The average Bonchev–Trinajstić information content (AvgIpc) is 2.10. The molecule has 14 heavy (non-hydrogen) atoms. The third-order valence-corrected chi connectivity index (χ3v) is 2.36. The zero-order valence-corrected chi connectivity index (χ0v) is 9.51. The first-order chi connectivity index (χ1) is 6.59. The van der Waals surface area contributed by atoms with Crippen LogP contribution in [0.3, 0.4) is 0 Å². The van der Waals surface area contributed by atoms with E-state index < -0.39 is 0 Å². The summed E-state index contributed by atoms with van der Waals surface area (Å²) in [7, 11) is 0. The first kappa shape index (κ1) is 11.6. The monoisotopic (exact) mass is 261 g/mol. The van der Waals surface area contributed by atoms with Gasteiger partial charge in [0.1, 0.15) is 5.82 Å². The van der Waals surface area contributed by atoms with Crippen LogP contribution in [0.25, 0.3) is 0 Å². The van der Waals surface area contributed by atoms with Gasteiger partial charge in [-0.15, -0.1) is 0 Å². The predicted molar refractivity (Wildman–Crippen MR) is 57.5 cm³/mol. The molecule has 0 spiro atoms. The maximum absolute atomic E-state index is 12.8. The van der Waals surface area contributed by atoms with Crippen molar-refractivity contribution in [3.63, 3.8) is 0 Å². The summed E-state index contributed by atoms with van der Waals surface area (Å²) in [5.41, 5.74) is 0.985. The second-order valence-corrected chi connectivity index (χ2v) is 4.08. The maximum atomic E-state index is 12.8. The number of nitrogens with one attached hydrogen (secondary N) is 1. The molecule has 78 valence electrons. The number of benzene rings is 1. The van der Waals surface area contributed by atoms with Gasteiger partial charge in [0.15, 0.2) is 0 Å². The normalized spacial score (nSPS) is 12.9.